The number of anilines is 3. The number of ether oxygens (including phenoxy) is 2. The minimum absolute atomic E-state index is 0.474. The Bertz CT molecular complexity index is 956. The topological polar surface area (TPSA) is 68.3 Å². The van der Waals surface area contributed by atoms with Crippen LogP contribution < -0.4 is 20.1 Å². The second-order valence-corrected chi connectivity index (χ2v) is 7.15. The molecule has 0 aliphatic heterocycles. The molecule has 0 saturated heterocycles. The lowest BCUT2D eigenvalue weighted by Crippen LogP contribution is -2.16. The Labute approximate surface area is 171 Å². The highest BCUT2D eigenvalue weighted by molar-refractivity contribution is 5.67. The molecular formula is C23H26N4O2. The molecule has 6 nitrogen and oxygen atoms in total. The van der Waals surface area contributed by atoms with Gasteiger partial charge in [0.05, 0.1) is 14.2 Å². The third kappa shape index (κ3) is 4.59. The molecule has 1 saturated carbocycles. The Morgan fingerprint density at radius 2 is 1.55 bits per heavy atom. The van der Waals surface area contributed by atoms with Crippen molar-refractivity contribution < 1.29 is 9.47 Å². The average Bonchev–Trinajstić information content (AvgIpc) is 3.27. The van der Waals surface area contributed by atoms with Crippen LogP contribution in [0.2, 0.25) is 0 Å². The first-order valence-corrected chi connectivity index (χ1v) is 9.95. The first-order chi connectivity index (χ1) is 14.2. The van der Waals surface area contributed by atoms with Crippen LogP contribution in [0.15, 0.2) is 54.6 Å². The summed E-state index contributed by atoms with van der Waals surface area (Å²) < 4.78 is 10.7. The Kier molecular flexibility index (Phi) is 5.79. The summed E-state index contributed by atoms with van der Waals surface area (Å²) in [4.78, 5) is 9.50. The molecule has 29 heavy (non-hydrogen) atoms. The number of benzene rings is 2. The summed E-state index contributed by atoms with van der Waals surface area (Å²) in [5.74, 6) is 3.62. The number of nitrogens with one attached hydrogen (secondary N) is 2. The molecule has 0 bridgehead atoms. The second-order valence-electron chi connectivity index (χ2n) is 7.15. The van der Waals surface area contributed by atoms with E-state index in [0.717, 1.165) is 22.9 Å². The summed E-state index contributed by atoms with van der Waals surface area (Å²) in [5.41, 5.74) is 1.85. The van der Waals surface area contributed by atoms with Gasteiger partial charge in [-0.3, -0.25) is 0 Å². The van der Waals surface area contributed by atoms with Gasteiger partial charge in [-0.15, -0.1) is 0 Å². The van der Waals surface area contributed by atoms with E-state index < -0.39 is 0 Å². The molecule has 1 aliphatic rings. The lowest BCUT2D eigenvalue weighted by molar-refractivity contribution is 0.355. The Balaban J connectivity index is 1.66. The Morgan fingerprint density at radius 1 is 0.828 bits per heavy atom. The van der Waals surface area contributed by atoms with E-state index in [-0.39, 0.29) is 0 Å². The van der Waals surface area contributed by atoms with E-state index >= 15 is 0 Å². The fraction of sp³-hybridized carbons (Fsp3) is 0.304. The van der Waals surface area contributed by atoms with Gasteiger partial charge in [0, 0.05) is 29.4 Å². The zero-order valence-electron chi connectivity index (χ0n) is 16.8. The average molecular weight is 390 g/mol. The fourth-order valence-corrected chi connectivity index (χ4v) is 3.64. The number of aromatic nitrogens is 2. The van der Waals surface area contributed by atoms with Gasteiger partial charge in [-0.25, -0.2) is 9.97 Å². The molecule has 0 atom stereocenters. The minimum Gasteiger partial charge on any atom is -0.493 e. The van der Waals surface area contributed by atoms with E-state index in [1.54, 1.807) is 14.2 Å². The van der Waals surface area contributed by atoms with Crippen LogP contribution >= 0.6 is 0 Å². The molecule has 0 spiro atoms. The van der Waals surface area contributed by atoms with Gasteiger partial charge >= 0.3 is 0 Å². The first kappa shape index (κ1) is 19.1. The predicted octanol–water partition coefficient (Wildman–Crippen LogP) is 5.26. The summed E-state index contributed by atoms with van der Waals surface area (Å²) in [7, 11) is 3.26. The highest BCUT2D eigenvalue weighted by atomic mass is 16.5. The number of hydrogen-bond acceptors (Lipinski definition) is 6. The van der Waals surface area contributed by atoms with E-state index in [2.05, 4.69) is 10.6 Å². The Hall–Kier alpha value is -3.28. The molecule has 1 aromatic heterocycles. The fourth-order valence-electron chi connectivity index (χ4n) is 3.64. The predicted molar refractivity (Wildman–Crippen MR) is 116 cm³/mol. The van der Waals surface area contributed by atoms with Crippen LogP contribution in [0.4, 0.5) is 17.3 Å². The maximum absolute atomic E-state index is 5.41. The maximum atomic E-state index is 5.41. The first-order valence-electron chi connectivity index (χ1n) is 9.95. The van der Waals surface area contributed by atoms with Crippen molar-refractivity contribution in [1.82, 2.24) is 9.97 Å². The summed E-state index contributed by atoms with van der Waals surface area (Å²) in [6.45, 7) is 0. The molecule has 6 heteroatoms. The smallest absolute Gasteiger partial charge is 0.163 e. The molecule has 150 valence electrons. The van der Waals surface area contributed by atoms with Crippen LogP contribution in [-0.4, -0.2) is 30.2 Å². The maximum Gasteiger partial charge on any atom is 0.163 e. The summed E-state index contributed by atoms with van der Waals surface area (Å²) >= 11 is 0. The molecule has 0 unspecified atom stereocenters. The highest BCUT2D eigenvalue weighted by Crippen LogP contribution is 2.32. The number of methoxy groups -OCH3 is 2. The van der Waals surface area contributed by atoms with Crippen molar-refractivity contribution in [2.24, 2.45) is 0 Å². The van der Waals surface area contributed by atoms with Crippen LogP contribution in [0.5, 0.6) is 11.5 Å². The van der Waals surface area contributed by atoms with Crippen molar-refractivity contribution in [2.75, 3.05) is 24.9 Å². The second kappa shape index (κ2) is 8.82. The van der Waals surface area contributed by atoms with E-state index in [1.165, 1.54) is 25.7 Å². The van der Waals surface area contributed by atoms with E-state index in [0.29, 0.717) is 23.4 Å². The molecule has 1 aliphatic carbocycles. The van der Waals surface area contributed by atoms with Crippen molar-refractivity contribution in [3.63, 3.8) is 0 Å². The van der Waals surface area contributed by atoms with Crippen LogP contribution in [-0.2, 0) is 0 Å². The zero-order valence-corrected chi connectivity index (χ0v) is 16.8. The monoisotopic (exact) mass is 390 g/mol. The SMILES string of the molecule is COc1ccc(Nc2cc(NC3CCCC3)nc(-c3ccccc3)n2)cc1OC. The lowest BCUT2D eigenvalue weighted by atomic mass is 10.2. The number of rotatable bonds is 7. The van der Waals surface area contributed by atoms with Gasteiger partial charge in [0.2, 0.25) is 0 Å². The van der Waals surface area contributed by atoms with Crippen molar-refractivity contribution in [2.45, 2.75) is 31.7 Å². The van der Waals surface area contributed by atoms with Gasteiger partial charge in [-0.1, -0.05) is 43.2 Å². The molecule has 0 radical (unpaired) electrons. The van der Waals surface area contributed by atoms with Gasteiger partial charge in [-0.2, -0.15) is 0 Å². The quantitative estimate of drug-likeness (QED) is 0.574. The Morgan fingerprint density at radius 3 is 2.28 bits per heavy atom. The van der Waals surface area contributed by atoms with Crippen molar-refractivity contribution in [1.29, 1.82) is 0 Å². The van der Waals surface area contributed by atoms with Crippen LogP contribution in [0.3, 0.4) is 0 Å². The molecule has 1 fully saturated rings. The zero-order chi connectivity index (χ0) is 20.1. The lowest BCUT2D eigenvalue weighted by Gasteiger charge is -2.16. The third-order valence-electron chi connectivity index (χ3n) is 5.12. The van der Waals surface area contributed by atoms with Crippen molar-refractivity contribution in [3.05, 3.63) is 54.6 Å². The standard InChI is InChI=1S/C23H26N4O2/c1-28-19-13-12-18(14-20(19)29-2)25-22-15-21(24-17-10-6-7-11-17)26-23(27-22)16-8-4-3-5-9-16/h3-5,8-9,12-15,17H,6-7,10-11H2,1-2H3,(H2,24,25,26,27). The van der Waals surface area contributed by atoms with Gasteiger partial charge in [-0.05, 0) is 25.0 Å². The van der Waals surface area contributed by atoms with Gasteiger partial charge in [0.1, 0.15) is 11.6 Å². The number of nitrogens with zero attached hydrogens (tertiary/aromatic N) is 2. The summed E-state index contributed by atoms with van der Waals surface area (Å²) in [5, 5.41) is 6.96. The van der Waals surface area contributed by atoms with E-state index in [4.69, 9.17) is 19.4 Å². The molecule has 2 N–H and O–H groups in total. The van der Waals surface area contributed by atoms with E-state index in [9.17, 15) is 0 Å². The molecule has 2 aromatic carbocycles. The summed E-state index contributed by atoms with van der Waals surface area (Å²) in [6, 6.07) is 18.2. The molecule has 3 aromatic rings. The van der Waals surface area contributed by atoms with Crippen molar-refractivity contribution >= 4 is 17.3 Å². The van der Waals surface area contributed by atoms with Crippen molar-refractivity contribution in [3.8, 4) is 22.9 Å². The van der Waals surface area contributed by atoms with Gasteiger partial charge in [0.25, 0.3) is 0 Å². The molecule has 0 amide bonds. The van der Waals surface area contributed by atoms with Crippen LogP contribution in [0.25, 0.3) is 11.4 Å². The third-order valence-corrected chi connectivity index (χ3v) is 5.12. The molecule has 4 rings (SSSR count). The highest BCUT2D eigenvalue weighted by Gasteiger charge is 2.16. The number of hydrogen-bond donors (Lipinski definition) is 2. The van der Waals surface area contributed by atoms with Gasteiger partial charge < -0.3 is 20.1 Å². The van der Waals surface area contributed by atoms with Gasteiger partial charge in [0.15, 0.2) is 17.3 Å². The summed E-state index contributed by atoms with van der Waals surface area (Å²) in [6.07, 6.45) is 4.91. The minimum atomic E-state index is 0.474. The normalized spacial score (nSPS) is 13.9. The largest absolute Gasteiger partial charge is 0.493 e. The van der Waals surface area contributed by atoms with Crippen LogP contribution in [0.1, 0.15) is 25.7 Å². The molecular weight excluding hydrogens is 364 g/mol. The van der Waals surface area contributed by atoms with E-state index in [1.807, 2.05) is 54.6 Å². The molecule has 1 heterocycles. The van der Waals surface area contributed by atoms with Crippen LogP contribution in [0, 0.1) is 0 Å².